The van der Waals surface area contributed by atoms with E-state index in [0.717, 1.165) is 46.6 Å². The Balaban J connectivity index is 1.74. The molecule has 0 unspecified atom stereocenters. The number of hydrogen-bond acceptors (Lipinski definition) is 3. The number of benzene rings is 1. The SMILES string of the molecule is Cc1cc(-n2cccc2[C@@H]2[C@@H](c3ccccn3)NC(=S)N2CCCN(C)C)ccc1Cl. The van der Waals surface area contributed by atoms with E-state index >= 15 is 0 Å². The molecular formula is C24H28ClN5S. The van der Waals surface area contributed by atoms with E-state index in [2.05, 4.69) is 75.3 Å². The maximum Gasteiger partial charge on any atom is 0.170 e. The molecule has 1 fully saturated rings. The average molecular weight is 454 g/mol. The Morgan fingerprint density at radius 1 is 1.16 bits per heavy atom. The summed E-state index contributed by atoms with van der Waals surface area (Å²) in [5.74, 6) is 0. The molecule has 3 aromatic rings. The van der Waals surface area contributed by atoms with E-state index in [1.807, 2.05) is 31.3 Å². The van der Waals surface area contributed by atoms with E-state index in [9.17, 15) is 0 Å². The molecule has 0 radical (unpaired) electrons. The molecule has 1 aliphatic rings. The summed E-state index contributed by atoms with van der Waals surface area (Å²) in [6.45, 7) is 3.92. The first-order valence-electron chi connectivity index (χ1n) is 10.5. The Kier molecular flexibility index (Phi) is 6.60. The van der Waals surface area contributed by atoms with Gasteiger partial charge in [0.2, 0.25) is 0 Å². The average Bonchev–Trinajstić information content (AvgIpc) is 3.35. The van der Waals surface area contributed by atoms with Crippen molar-refractivity contribution in [2.45, 2.75) is 25.4 Å². The highest BCUT2D eigenvalue weighted by Gasteiger charge is 2.40. The molecule has 1 saturated heterocycles. The first kappa shape index (κ1) is 21.8. The number of rotatable bonds is 7. The van der Waals surface area contributed by atoms with Crippen LogP contribution in [0.25, 0.3) is 5.69 Å². The first-order chi connectivity index (χ1) is 15.0. The lowest BCUT2D eigenvalue weighted by Crippen LogP contribution is -2.33. The van der Waals surface area contributed by atoms with Crippen molar-refractivity contribution in [1.29, 1.82) is 0 Å². The van der Waals surface area contributed by atoms with Gasteiger partial charge in [-0.25, -0.2) is 0 Å². The number of hydrogen-bond donors (Lipinski definition) is 1. The molecule has 0 spiro atoms. The highest BCUT2D eigenvalue weighted by Crippen LogP contribution is 2.39. The first-order valence-corrected chi connectivity index (χ1v) is 11.3. The summed E-state index contributed by atoms with van der Waals surface area (Å²) in [7, 11) is 4.20. The Morgan fingerprint density at radius 2 is 2.00 bits per heavy atom. The number of pyridine rings is 1. The fraction of sp³-hybridized carbons (Fsp3) is 0.333. The van der Waals surface area contributed by atoms with Gasteiger partial charge in [0.1, 0.15) is 0 Å². The highest BCUT2D eigenvalue weighted by atomic mass is 35.5. The molecule has 1 N–H and O–H groups in total. The molecule has 0 amide bonds. The van der Waals surface area contributed by atoms with Crippen molar-refractivity contribution >= 4 is 28.9 Å². The molecule has 31 heavy (non-hydrogen) atoms. The molecule has 0 bridgehead atoms. The summed E-state index contributed by atoms with van der Waals surface area (Å²) in [6.07, 6.45) is 4.97. The highest BCUT2D eigenvalue weighted by molar-refractivity contribution is 7.80. The van der Waals surface area contributed by atoms with Gasteiger partial charge >= 0.3 is 0 Å². The van der Waals surface area contributed by atoms with Crippen molar-refractivity contribution < 1.29 is 0 Å². The van der Waals surface area contributed by atoms with Crippen LogP contribution in [0.5, 0.6) is 0 Å². The van der Waals surface area contributed by atoms with Crippen molar-refractivity contribution in [3.63, 3.8) is 0 Å². The van der Waals surface area contributed by atoms with Crippen molar-refractivity contribution in [3.8, 4) is 5.69 Å². The monoisotopic (exact) mass is 453 g/mol. The summed E-state index contributed by atoms with van der Waals surface area (Å²) < 4.78 is 2.23. The van der Waals surface area contributed by atoms with Gasteiger partial charge in [-0.2, -0.15) is 0 Å². The fourth-order valence-electron chi connectivity index (χ4n) is 4.17. The maximum atomic E-state index is 6.28. The Morgan fingerprint density at radius 3 is 2.71 bits per heavy atom. The van der Waals surface area contributed by atoms with E-state index in [-0.39, 0.29) is 12.1 Å². The summed E-state index contributed by atoms with van der Waals surface area (Å²) in [6, 6.07) is 16.5. The third-order valence-electron chi connectivity index (χ3n) is 5.71. The third kappa shape index (κ3) is 4.61. The van der Waals surface area contributed by atoms with E-state index in [1.165, 1.54) is 5.69 Å². The van der Waals surface area contributed by atoms with Gasteiger partial charge in [-0.05, 0) is 94.2 Å². The lowest BCUT2D eigenvalue weighted by molar-refractivity contribution is 0.286. The zero-order valence-electron chi connectivity index (χ0n) is 18.1. The zero-order chi connectivity index (χ0) is 22.0. The summed E-state index contributed by atoms with van der Waals surface area (Å²) >= 11 is 12.1. The molecule has 1 aliphatic heterocycles. The van der Waals surface area contributed by atoms with Crippen molar-refractivity contribution in [3.05, 3.63) is 82.9 Å². The second kappa shape index (κ2) is 9.39. The number of thiocarbonyl (C=S) groups is 1. The minimum absolute atomic E-state index is 0.0184. The van der Waals surface area contributed by atoms with Gasteiger partial charge in [0.05, 0.1) is 17.8 Å². The molecular weight excluding hydrogens is 426 g/mol. The second-order valence-electron chi connectivity index (χ2n) is 8.21. The number of aryl methyl sites for hydroxylation is 1. The predicted molar refractivity (Wildman–Crippen MR) is 131 cm³/mol. The Hall–Kier alpha value is -2.41. The van der Waals surface area contributed by atoms with Crippen LogP contribution in [0, 0.1) is 6.92 Å². The third-order valence-corrected chi connectivity index (χ3v) is 6.48. The molecule has 7 heteroatoms. The zero-order valence-corrected chi connectivity index (χ0v) is 19.7. The van der Waals surface area contributed by atoms with Crippen molar-refractivity contribution in [2.24, 2.45) is 0 Å². The molecule has 0 aliphatic carbocycles. The Bertz CT molecular complexity index is 1050. The predicted octanol–water partition coefficient (Wildman–Crippen LogP) is 4.76. The number of nitrogens with zero attached hydrogens (tertiary/aromatic N) is 4. The standard InChI is InChI=1S/C24H28ClN5S/c1-17-16-18(10-11-19(17)25)29-14-6-9-21(29)23-22(20-8-4-5-12-26-20)27-24(31)30(23)15-7-13-28(2)3/h4-6,8-12,14,16,22-23H,7,13,15H2,1-3H3,(H,27,31)/t22-,23-/m1/s1. The van der Waals surface area contributed by atoms with Crippen LogP contribution in [0.1, 0.15) is 35.5 Å². The summed E-state index contributed by atoms with van der Waals surface area (Å²) in [4.78, 5) is 9.16. The molecule has 162 valence electrons. The van der Waals surface area contributed by atoms with Gasteiger partial charge < -0.3 is 19.7 Å². The largest absolute Gasteiger partial charge is 0.352 e. The van der Waals surface area contributed by atoms with Gasteiger partial charge in [0, 0.05) is 35.3 Å². The van der Waals surface area contributed by atoms with Crippen LogP contribution in [0.15, 0.2) is 60.9 Å². The smallest absolute Gasteiger partial charge is 0.170 e. The topological polar surface area (TPSA) is 36.3 Å². The fourth-order valence-corrected chi connectivity index (χ4v) is 4.62. The van der Waals surface area contributed by atoms with E-state index < -0.39 is 0 Å². The lowest BCUT2D eigenvalue weighted by Gasteiger charge is -2.29. The van der Waals surface area contributed by atoms with Crippen LogP contribution in [0.3, 0.4) is 0 Å². The van der Waals surface area contributed by atoms with E-state index in [1.54, 1.807) is 0 Å². The number of nitrogens with one attached hydrogen (secondary N) is 1. The normalized spacial score (nSPS) is 18.6. The van der Waals surface area contributed by atoms with Crippen LogP contribution in [0.4, 0.5) is 0 Å². The molecule has 2 atom stereocenters. The quantitative estimate of drug-likeness (QED) is 0.522. The summed E-state index contributed by atoms with van der Waals surface area (Å²) in [5.41, 5.74) is 4.32. The number of aromatic nitrogens is 2. The van der Waals surface area contributed by atoms with Crippen molar-refractivity contribution in [2.75, 3.05) is 27.2 Å². The van der Waals surface area contributed by atoms with E-state index in [0.29, 0.717) is 0 Å². The van der Waals surface area contributed by atoms with Crippen LogP contribution in [0.2, 0.25) is 5.02 Å². The van der Waals surface area contributed by atoms with Gasteiger partial charge in [-0.1, -0.05) is 17.7 Å². The van der Waals surface area contributed by atoms with Crippen LogP contribution >= 0.6 is 23.8 Å². The minimum atomic E-state index is -0.0184. The van der Waals surface area contributed by atoms with Gasteiger partial charge in [0.15, 0.2) is 5.11 Å². The Labute approximate surface area is 194 Å². The van der Waals surface area contributed by atoms with Gasteiger partial charge in [0.25, 0.3) is 0 Å². The molecule has 2 aromatic heterocycles. The lowest BCUT2D eigenvalue weighted by atomic mass is 10.0. The van der Waals surface area contributed by atoms with Gasteiger partial charge in [-0.15, -0.1) is 0 Å². The van der Waals surface area contributed by atoms with Gasteiger partial charge in [-0.3, -0.25) is 4.98 Å². The molecule has 5 nitrogen and oxygen atoms in total. The minimum Gasteiger partial charge on any atom is -0.352 e. The number of halogens is 1. The molecule has 1 aromatic carbocycles. The second-order valence-corrected chi connectivity index (χ2v) is 9.01. The van der Waals surface area contributed by atoms with Crippen LogP contribution in [-0.2, 0) is 0 Å². The molecule has 0 saturated carbocycles. The summed E-state index contributed by atoms with van der Waals surface area (Å²) in [5, 5.41) is 5.10. The molecule has 3 heterocycles. The molecule has 4 rings (SSSR count). The van der Waals surface area contributed by atoms with Crippen molar-refractivity contribution in [1.82, 2.24) is 24.7 Å². The maximum absolute atomic E-state index is 6.28. The van der Waals surface area contributed by atoms with Crippen LogP contribution in [-0.4, -0.2) is 51.6 Å². The van der Waals surface area contributed by atoms with Crippen LogP contribution < -0.4 is 5.32 Å². The van der Waals surface area contributed by atoms with E-state index in [4.69, 9.17) is 23.8 Å².